The summed E-state index contributed by atoms with van der Waals surface area (Å²) in [5, 5.41) is 14.0. The SMILES string of the molecule is CC/C=C\C/C=C\C/C=C\C/C=C\C/C=C\C/C=C\CCCCCCCCCCCCCCCCCCCCCCC(=O)NC(COP(=O)(O)OCC[N+](C)(C)C)C(O)/C=C/CC/C=C/CC/C=C/CCCCCCCCCCCCCCCCCCCCCCCC. The summed E-state index contributed by atoms with van der Waals surface area (Å²) in [6, 6.07) is -0.876. The molecule has 540 valence electrons. The molecule has 3 N–H and O–H groups in total. The Labute approximate surface area is 578 Å². The smallest absolute Gasteiger partial charge is 0.387 e. The molecule has 9 heteroatoms. The summed E-state index contributed by atoms with van der Waals surface area (Å²) in [6.07, 6.45) is 109. The fourth-order valence-electron chi connectivity index (χ4n) is 11.6. The molecule has 0 saturated carbocycles. The quantitative estimate of drug-likeness (QED) is 0.0243. The molecule has 0 bridgehead atoms. The standard InChI is InChI=1S/C84H153N2O6P/c1-6-8-10-12-14-16-18-20-22-24-26-28-30-32-34-36-38-40-41-42-43-44-45-46-48-50-52-54-56-58-60-62-64-66-68-70-72-74-76-78-84(88)85-82(81-92-93(89,90)91-80-79-86(3,4)5)83(87)77-75-73-71-69-67-65-63-61-59-57-55-53-51-49-47-39-37-35-33-31-29-27-25-23-21-19-17-15-13-11-9-7-2/h8,10,14,16,20,22,26,28,32,34,38,40,59,61,67,69,75,77,82-83,87H,6-7,9,11-13,15,17-19,21,23-25,27,29-31,33,35-37,39,41-58,60,62-66,68,70-74,76,78-81H2,1-5H3,(H-,85,88,89,90)/p+1/b10-8-,16-14-,22-20-,28-26-,34-32-,40-38-,61-59+,69-67+,77-75+. The lowest BCUT2D eigenvalue weighted by molar-refractivity contribution is -0.870. The minimum atomic E-state index is -4.37. The van der Waals surface area contributed by atoms with Crippen LogP contribution in [0, 0.1) is 0 Å². The fraction of sp³-hybridized carbons (Fsp3) is 0.774. The van der Waals surface area contributed by atoms with Gasteiger partial charge in [0.25, 0.3) is 0 Å². The average molecular weight is 1320 g/mol. The topological polar surface area (TPSA) is 105 Å². The first kappa shape index (κ1) is 90.2. The molecule has 0 aliphatic carbocycles. The van der Waals surface area contributed by atoms with Crippen LogP contribution in [0.2, 0.25) is 0 Å². The third-order valence-corrected chi connectivity index (χ3v) is 18.7. The molecule has 0 radical (unpaired) electrons. The molecular weight excluding hydrogens is 1160 g/mol. The molecule has 0 aliphatic rings. The van der Waals surface area contributed by atoms with Gasteiger partial charge in [-0.1, -0.05) is 374 Å². The van der Waals surface area contributed by atoms with Gasteiger partial charge in [0.2, 0.25) is 5.91 Å². The van der Waals surface area contributed by atoms with Crippen molar-refractivity contribution in [1.82, 2.24) is 5.32 Å². The number of hydrogen-bond donors (Lipinski definition) is 3. The molecule has 0 aromatic carbocycles. The Balaban J connectivity index is 4.03. The van der Waals surface area contributed by atoms with E-state index < -0.39 is 20.0 Å². The molecule has 0 spiro atoms. The highest BCUT2D eigenvalue weighted by Crippen LogP contribution is 2.43. The maximum atomic E-state index is 13.1. The highest BCUT2D eigenvalue weighted by atomic mass is 31.2. The van der Waals surface area contributed by atoms with Gasteiger partial charge in [0, 0.05) is 6.42 Å². The van der Waals surface area contributed by atoms with Crippen molar-refractivity contribution in [1.29, 1.82) is 0 Å². The van der Waals surface area contributed by atoms with Crippen molar-refractivity contribution < 1.29 is 32.9 Å². The lowest BCUT2D eigenvalue weighted by Crippen LogP contribution is -2.45. The number of phosphoric acid groups is 1. The van der Waals surface area contributed by atoms with Gasteiger partial charge < -0.3 is 19.8 Å². The molecule has 0 saturated heterocycles. The van der Waals surface area contributed by atoms with E-state index >= 15 is 0 Å². The lowest BCUT2D eigenvalue weighted by atomic mass is 10.0. The second kappa shape index (κ2) is 73.4. The Morgan fingerprint density at radius 2 is 0.656 bits per heavy atom. The highest BCUT2D eigenvalue weighted by molar-refractivity contribution is 7.47. The summed E-state index contributed by atoms with van der Waals surface area (Å²) < 4.78 is 23.9. The zero-order valence-corrected chi connectivity index (χ0v) is 62.9. The van der Waals surface area contributed by atoms with Crippen molar-refractivity contribution in [2.24, 2.45) is 0 Å². The molecule has 8 nitrogen and oxygen atoms in total. The Morgan fingerprint density at radius 1 is 0.376 bits per heavy atom. The number of allylic oxidation sites excluding steroid dienone is 17. The highest BCUT2D eigenvalue weighted by Gasteiger charge is 2.28. The Morgan fingerprint density at radius 3 is 0.989 bits per heavy atom. The van der Waals surface area contributed by atoms with Gasteiger partial charge >= 0.3 is 7.82 Å². The van der Waals surface area contributed by atoms with Crippen LogP contribution in [0.3, 0.4) is 0 Å². The number of rotatable bonds is 73. The van der Waals surface area contributed by atoms with Gasteiger partial charge in [-0.25, -0.2) is 4.57 Å². The second-order valence-electron chi connectivity index (χ2n) is 28.0. The number of aliphatic hydroxyl groups excluding tert-OH is 1. The largest absolute Gasteiger partial charge is 0.472 e. The number of likely N-dealkylation sites (N-methyl/N-ethyl adjacent to an activating group) is 1. The van der Waals surface area contributed by atoms with Crippen LogP contribution >= 0.6 is 7.82 Å². The van der Waals surface area contributed by atoms with Gasteiger partial charge in [-0.15, -0.1) is 0 Å². The van der Waals surface area contributed by atoms with Crippen LogP contribution in [0.5, 0.6) is 0 Å². The zero-order valence-electron chi connectivity index (χ0n) is 62.0. The second-order valence-corrected chi connectivity index (χ2v) is 29.5. The summed E-state index contributed by atoms with van der Waals surface area (Å²) in [6.45, 7) is 4.71. The summed E-state index contributed by atoms with van der Waals surface area (Å²) in [4.78, 5) is 23.5. The number of hydrogen-bond acceptors (Lipinski definition) is 5. The molecular formula is C84H154N2O6P+. The Kier molecular flexibility index (Phi) is 71.2. The molecule has 3 atom stereocenters. The van der Waals surface area contributed by atoms with Gasteiger partial charge in [-0.05, 0) is 96.3 Å². The van der Waals surface area contributed by atoms with Crippen molar-refractivity contribution in [3.8, 4) is 0 Å². The van der Waals surface area contributed by atoms with E-state index in [4.69, 9.17) is 9.05 Å². The van der Waals surface area contributed by atoms with Gasteiger partial charge in [-0.2, -0.15) is 0 Å². The molecule has 0 fully saturated rings. The Bertz CT molecular complexity index is 1890. The van der Waals surface area contributed by atoms with Crippen LogP contribution in [0.1, 0.15) is 367 Å². The number of aliphatic hydroxyl groups is 1. The van der Waals surface area contributed by atoms with E-state index in [0.717, 1.165) is 83.5 Å². The molecule has 3 unspecified atom stereocenters. The molecule has 93 heavy (non-hydrogen) atoms. The van der Waals surface area contributed by atoms with Gasteiger partial charge in [0.1, 0.15) is 13.2 Å². The lowest BCUT2D eigenvalue weighted by Gasteiger charge is -2.25. The normalized spacial score (nSPS) is 14.1. The summed E-state index contributed by atoms with van der Waals surface area (Å²) in [5.74, 6) is -0.188. The number of carbonyl (C=O) groups excluding carboxylic acids is 1. The van der Waals surface area contributed by atoms with Gasteiger partial charge in [-0.3, -0.25) is 13.8 Å². The van der Waals surface area contributed by atoms with Crippen LogP contribution < -0.4 is 5.32 Å². The van der Waals surface area contributed by atoms with E-state index in [2.05, 4.69) is 116 Å². The summed E-state index contributed by atoms with van der Waals surface area (Å²) in [5.41, 5.74) is 0. The van der Waals surface area contributed by atoms with Crippen molar-refractivity contribution in [3.63, 3.8) is 0 Å². The monoisotopic (exact) mass is 1320 g/mol. The van der Waals surface area contributed by atoms with Crippen molar-refractivity contribution in [2.45, 2.75) is 379 Å². The van der Waals surface area contributed by atoms with Gasteiger partial charge in [0.05, 0.1) is 39.9 Å². The number of carbonyl (C=O) groups is 1. The zero-order chi connectivity index (χ0) is 67.6. The van der Waals surface area contributed by atoms with E-state index in [0.29, 0.717) is 17.4 Å². The minimum Gasteiger partial charge on any atom is -0.387 e. The van der Waals surface area contributed by atoms with Crippen molar-refractivity contribution in [2.75, 3.05) is 40.9 Å². The average Bonchev–Trinajstić information content (AvgIpc) is 1.94. The van der Waals surface area contributed by atoms with Crippen LogP contribution in [0.4, 0.5) is 0 Å². The van der Waals surface area contributed by atoms with Crippen LogP contribution in [-0.4, -0.2) is 73.4 Å². The molecule has 0 aromatic heterocycles. The molecule has 1 amide bonds. The molecule has 0 heterocycles. The minimum absolute atomic E-state index is 0.0514. The van der Waals surface area contributed by atoms with E-state index in [-0.39, 0.29) is 19.1 Å². The summed E-state index contributed by atoms with van der Waals surface area (Å²) in [7, 11) is 1.55. The predicted octanol–water partition coefficient (Wildman–Crippen LogP) is 26.2. The van der Waals surface area contributed by atoms with Crippen LogP contribution in [0.15, 0.2) is 109 Å². The van der Waals surface area contributed by atoms with E-state index in [9.17, 15) is 19.4 Å². The number of amides is 1. The first-order chi connectivity index (χ1) is 45.5. The maximum absolute atomic E-state index is 13.1. The van der Waals surface area contributed by atoms with Crippen molar-refractivity contribution in [3.05, 3.63) is 109 Å². The number of nitrogens with one attached hydrogen (secondary N) is 1. The number of quaternary nitrogens is 1. The molecule has 0 aliphatic heterocycles. The molecule has 0 aromatic rings. The predicted molar refractivity (Wildman–Crippen MR) is 410 cm³/mol. The van der Waals surface area contributed by atoms with Crippen LogP contribution in [-0.2, 0) is 18.4 Å². The third kappa shape index (κ3) is 76.4. The van der Waals surface area contributed by atoms with E-state index in [1.54, 1.807) is 6.08 Å². The number of unbranched alkanes of at least 4 members (excludes halogenated alkanes) is 44. The molecule has 0 rings (SSSR count). The van der Waals surface area contributed by atoms with E-state index in [1.165, 1.54) is 263 Å². The number of nitrogens with zero attached hydrogens (tertiary/aromatic N) is 1. The first-order valence-corrected chi connectivity index (χ1v) is 41.3. The van der Waals surface area contributed by atoms with Crippen LogP contribution in [0.25, 0.3) is 0 Å². The summed E-state index contributed by atoms with van der Waals surface area (Å²) >= 11 is 0. The number of phosphoric ester groups is 1. The third-order valence-electron chi connectivity index (χ3n) is 17.7. The van der Waals surface area contributed by atoms with Gasteiger partial charge in [0.15, 0.2) is 0 Å². The maximum Gasteiger partial charge on any atom is 0.472 e. The van der Waals surface area contributed by atoms with E-state index in [1.807, 2.05) is 27.2 Å². The fourth-order valence-corrected chi connectivity index (χ4v) is 12.3. The first-order valence-electron chi connectivity index (χ1n) is 39.8. The van der Waals surface area contributed by atoms with Crippen molar-refractivity contribution >= 4 is 13.7 Å². The Hall–Kier alpha value is -2.84.